The van der Waals surface area contributed by atoms with E-state index >= 15 is 0 Å². The van der Waals surface area contributed by atoms with E-state index in [4.69, 9.17) is 0 Å². The molecule has 1 heterocycles. The highest BCUT2D eigenvalue weighted by Crippen LogP contribution is 1.97. The van der Waals surface area contributed by atoms with Gasteiger partial charge in [0, 0.05) is 38.8 Å². The predicted molar refractivity (Wildman–Crippen MR) is 69.1 cm³/mol. The number of hydrogen-bond acceptors (Lipinski definition) is 5. The molecule has 0 bridgehead atoms. The largest absolute Gasteiger partial charge is 0.313 e. The SMILES string of the molecule is CC(C)NCCS(=O)(=O)NN1CCN(C)CC1. The Labute approximate surface area is 104 Å². The summed E-state index contributed by atoms with van der Waals surface area (Å²) in [7, 11) is -1.16. The van der Waals surface area contributed by atoms with Gasteiger partial charge in [0.05, 0.1) is 5.75 Å². The van der Waals surface area contributed by atoms with E-state index in [1.807, 2.05) is 20.9 Å². The molecular formula is C10H24N4O2S. The summed E-state index contributed by atoms with van der Waals surface area (Å²) in [6.07, 6.45) is 0. The maximum Gasteiger partial charge on any atom is 0.225 e. The second-order valence-corrected chi connectivity index (χ2v) is 6.63. The lowest BCUT2D eigenvalue weighted by atomic mass is 10.4. The molecule has 0 atom stereocenters. The van der Waals surface area contributed by atoms with Crippen molar-refractivity contribution in [1.29, 1.82) is 0 Å². The van der Waals surface area contributed by atoms with Gasteiger partial charge in [-0.15, -0.1) is 4.83 Å². The van der Waals surface area contributed by atoms with E-state index in [2.05, 4.69) is 15.0 Å². The smallest absolute Gasteiger partial charge is 0.225 e. The zero-order chi connectivity index (χ0) is 12.9. The van der Waals surface area contributed by atoms with Crippen molar-refractivity contribution < 1.29 is 8.42 Å². The molecule has 0 aromatic heterocycles. The number of hydrazine groups is 1. The van der Waals surface area contributed by atoms with Gasteiger partial charge in [-0.3, -0.25) is 0 Å². The van der Waals surface area contributed by atoms with Crippen LogP contribution in [-0.2, 0) is 10.0 Å². The van der Waals surface area contributed by atoms with Gasteiger partial charge in [-0.2, -0.15) is 0 Å². The molecule has 0 amide bonds. The summed E-state index contributed by atoms with van der Waals surface area (Å²) in [5, 5.41) is 4.88. The molecule has 102 valence electrons. The first-order chi connectivity index (χ1) is 7.89. The average molecular weight is 264 g/mol. The van der Waals surface area contributed by atoms with Crippen LogP contribution in [0.5, 0.6) is 0 Å². The number of nitrogens with one attached hydrogen (secondary N) is 2. The van der Waals surface area contributed by atoms with E-state index in [-0.39, 0.29) is 5.75 Å². The summed E-state index contributed by atoms with van der Waals surface area (Å²) in [4.78, 5) is 4.81. The Morgan fingerprint density at radius 3 is 2.29 bits per heavy atom. The highest BCUT2D eigenvalue weighted by Gasteiger charge is 2.19. The summed E-state index contributed by atoms with van der Waals surface area (Å²) in [6, 6.07) is 0.314. The van der Waals surface area contributed by atoms with Gasteiger partial charge in [-0.1, -0.05) is 13.8 Å². The van der Waals surface area contributed by atoms with Gasteiger partial charge >= 0.3 is 0 Å². The summed E-state index contributed by atoms with van der Waals surface area (Å²) in [5.41, 5.74) is 0. The molecule has 0 aliphatic carbocycles. The van der Waals surface area contributed by atoms with Gasteiger partial charge < -0.3 is 10.2 Å². The number of nitrogens with zero attached hydrogens (tertiary/aromatic N) is 2. The number of piperazine rings is 1. The van der Waals surface area contributed by atoms with Crippen molar-refractivity contribution in [3.63, 3.8) is 0 Å². The van der Waals surface area contributed by atoms with Crippen LogP contribution in [0.2, 0.25) is 0 Å². The van der Waals surface area contributed by atoms with E-state index in [0.29, 0.717) is 12.6 Å². The van der Waals surface area contributed by atoms with Crippen molar-refractivity contribution in [1.82, 2.24) is 20.1 Å². The fourth-order valence-corrected chi connectivity index (χ4v) is 2.68. The fourth-order valence-electron chi connectivity index (χ4n) is 1.62. The van der Waals surface area contributed by atoms with Crippen molar-refractivity contribution in [2.45, 2.75) is 19.9 Å². The number of hydrogen-bond donors (Lipinski definition) is 2. The van der Waals surface area contributed by atoms with E-state index < -0.39 is 10.0 Å². The lowest BCUT2D eigenvalue weighted by Crippen LogP contribution is -2.53. The Morgan fingerprint density at radius 2 is 1.76 bits per heavy atom. The van der Waals surface area contributed by atoms with Crippen LogP contribution >= 0.6 is 0 Å². The van der Waals surface area contributed by atoms with Crippen LogP contribution in [-0.4, -0.2) is 69.9 Å². The van der Waals surface area contributed by atoms with Crippen LogP contribution in [0.1, 0.15) is 13.8 Å². The molecule has 0 aromatic carbocycles. The standard InChI is InChI=1S/C10H24N4O2S/c1-10(2)11-4-9-17(15,16)12-14-7-5-13(3)6-8-14/h10-12H,4-9H2,1-3H3. The molecule has 0 saturated carbocycles. The van der Waals surface area contributed by atoms with Crippen LogP contribution in [0.4, 0.5) is 0 Å². The Balaban J connectivity index is 2.28. The molecule has 1 rings (SSSR count). The number of sulfonamides is 1. The number of rotatable bonds is 6. The minimum absolute atomic E-state index is 0.123. The third kappa shape index (κ3) is 6.32. The summed E-state index contributed by atoms with van der Waals surface area (Å²) >= 11 is 0. The first kappa shape index (κ1) is 14.8. The van der Waals surface area contributed by atoms with Crippen molar-refractivity contribution in [3.05, 3.63) is 0 Å². The Kier molecular flexibility index (Phi) is 5.81. The summed E-state index contributed by atoms with van der Waals surface area (Å²) < 4.78 is 23.5. The van der Waals surface area contributed by atoms with Crippen LogP contribution in [0.25, 0.3) is 0 Å². The van der Waals surface area contributed by atoms with E-state index in [9.17, 15) is 8.42 Å². The molecule has 1 aliphatic heterocycles. The summed E-state index contributed by atoms with van der Waals surface area (Å²) in [6.45, 7) is 7.77. The molecule has 0 radical (unpaired) electrons. The monoisotopic (exact) mass is 264 g/mol. The lowest BCUT2D eigenvalue weighted by molar-refractivity contribution is 0.135. The van der Waals surface area contributed by atoms with Crippen molar-refractivity contribution >= 4 is 10.0 Å². The van der Waals surface area contributed by atoms with Crippen LogP contribution in [0.15, 0.2) is 0 Å². The predicted octanol–water partition coefficient (Wildman–Crippen LogP) is -0.934. The van der Waals surface area contributed by atoms with Crippen LogP contribution in [0.3, 0.4) is 0 Å². The molecule has 0 spiro atoms. The minimum atomic E-state index is -3.20. The van der Waals surface area contributed by atoms with Crippen molar-refractivity contribution in [2.24, 2.45) is 0 Å². The molecule has 2 N–H and O–H groups in total. The van der Waals surface area contributed by atoms with Crippen molar-refractivity contribution in [3.8, 4) is 0 Å². The Bertz CT molecular complexity index is 310. The quantitative estimate of drug-likeness (QED) is 0.649. The van der Waals surface area contributed by atoms with Gasteiger partial charge in [0.15, 0.2) is 0 Å². The van der Waals surface area contributed by atoms with Gasteiger partial charge in [-0.25, -0.2) is 13.4 Å². The van der Waals surface area contributed by atoms with Gasteiger partial charge in [0.2, 0.25) is 10.0 Å². The van der Waals surface area contributed by atoms with Crippen molar-refractivity contribution in [2.75, 3.05) is 45.5 Å². The molecule has 7 heteroatoms. The zero-order valence-corrected chi connectivity index (χ0v) is 11.8. The maximum atomic E-state index is 11.8. The third-order valence-electron chi connectivity index (χ3n) is 2.69. The highest BCUT2D eigenvalue weighted by atomic mass is 32.2. The highest BCUT2D eigenvalue weighted by molar-refractivity contribution is 7.89. The van der Waals surface area contributed by atoms with Gasteiger partial charge in [0.1, 0.15) is 0 Å². The van der Waals surface area contributed by atoms with Crippen LogP contribution < -0.4 is 10.1 Å². The molecule has 0 unspecified atom stereocenters. The average Bonchev–Trinajstić information content (AvgIpc) is 2.20. The first-order valence-corrected chi connectivity index (χ1v) is 7.71. The fraction of sp³-hybridized carbons (Fsp3) is 1.00. The minimum Gasteiger partial charge on any atom is -0.313 e. The molecular weight excluding hydrogens is 240 g/mol. The second kappa shape index (κ2) is 6.65. The normalized spacial score (nSPS) is 20.0. The Hall–Kier alpha value is -0.210. The van der Waals surface area contributed by atoms with E-state index in [1.165, 1.54) is 0 Å². The molecule has 1 aliphatic rings. The topological polar surface area (TPSA) is 64.7 Å². The molecule has 1 fully saturated rings. The maximum absolute atomic E-state index is 11.8. The van der Waals surface area contributed by atoms with E-state index in [0.717, 1.165) is 26.2 Å². The summed E-state index contributed by atoms with van der Waals surface area (Å²) in [5.74, 6) is 0.123. The molecule has 0 aromatic rings. The molecule has 1 saturated heterocycles. The zero-order valence-electron chi connectivity index (χ0n) is 10.9. The lowest BCUT2D eigenvalue weighted by Gasteiger charge is -2.32. The Morgan fingerprint density at radius 1 is 1.18 bits per heavy atom. The van der Waals surface area contributed by atoms with Gasteiger partial charge in [-0.05, 0) is 7.05 Å². The second-order valence-electron chi connectivity index (χ2n) is 4.81. The third-order valence-corrected chi connectivity index (χ3v) is 3.97. The van der Waals surface area contributed by atoms with E-state index in [1.54, 1.807) is 5.01 Å². The first-order valence-electron chi connectivity index (χ1n) is 6.06. The van der Waals surface area contributed by atoms with Crippen LogP contribution in [0, 0.1) is 0 Å². The number of likely N-dealkylation sites (N-methyl/N-ethyl adjacent to an activating group) is 1. The van der Waals surface area contributed by atoms with Gasteiger partial charge in [0.25, 0.3) is 0 Å². The molecule has 6 nitrogen and oxygen atoms in total. The molecule has 17 heavy (non-hydrogen) atoms.